The van der Waals surface area contributed by atoms with Gasteiger partial charge in [-0.1, -0.05) is 72.8 Å². The second-order valence-electron chi connectivity index (χ2n) is 4.95. The number of halogens is 1. The van der Waals surface area contributed by atoms with Gasteiger partial charge >= 0.3 is 19.8 Å². The van der Waals surface area contributed by atoms with Crippen molar-refractivity contribution < 1.29 is 10.7 Å². The molecule has 3 nitrogen and oxygen atoms in total. The van der Waals surface area contributed by atoms with Crippen LogP contribution in [0.4, 0.5) is 0 Å². The minimum absolute atomic E-state index is 0.202. The molecule has 0 aliphatic heterocycles. The van der Waals surface area contributed by atoms with E-state index < -0.39 is 26.9 Å². The molecule has 0 amide bonds. The van der Waals surface area contributed by atoms with Crippen molar-refractivity contribution in [2.45, 2.75) is 0 Å². The Labute approximate surface area is 141 Å². The third-order valence-electron chi connectivity index (χ3n) is 3.60. The van der Waals surface area contributed by atoms with Crippen LogP contribution in [0.25, 0.3) is 0 Å². The van der Waals surface area contributed by atoms with Crippen LogP contribution in [0.3, 0.4) is 0 Å². The van der Waals surface area contributed by atoms with E-state index in [1.54, 1.807) is 48.5 Å². The third-order valence-corrected chi connectivity index (χ3v) is 9.03. The maximum atomic E-state index is 14.1. The molecule has 0 saturated heterocycles. The van der Waals surface area contributed by atoms with Crippen molar-refractivity contribution >= 4 is 42.8 Å². The highest BCUT2D eigenvalue weighted by Gasteiger charge is 2.32. The van der Waals surface area contributed by atoms with Crippen LogP contribution in [-0.4, -0.2) is 0 Å². The van der Waals surface area contributed by atoms with E-state index in [-0.39, 0.29) is 3.57 Å². The van der Waals surface area contributed by atoms with E-state index in [1.807, 2.05) is 36.4 Å². The molecule has 0 fully saturated rings. The third kappa shape index (κ3) is 3.01. The van der Waals surface area contributed by atoms with Crippen LogP contribution in [-0.2, 0) is 10.7 Å². The first-order chi connectivity index (χ1) is 11.1. The van der Waals surface area contributed by atoms with Crippen molar-refractivity contribution in [1.82, 2.24) is 0 Å². The van der Waals surface area contributed by atoms with Crippen LogP contribution >= 0.6 is 26.9 Å². The van der Waals surface area contributed by atoms with Crippen molar-refractivity contribution in [3.63, 3.8) is 0 Å². The van der Waals surface area contributed by atoms with Gasteiger partial charge < -0.3 is 4.57 Å². The lowest BCUT2D eigenvalue weighted by molar-refractivity contribution is 0.592. The molecule has 3 aromatic rings. The highest BCUT2D eigenvalue weighted by atomic mass is 127. The zero-order valence-electron chi connectivity index (χ0n) is 12.1. The molecular formula is C18H14IO3P. The molecule has 0 aliphatic carbocycles. The Bertz CT molecular complexity index is 883. The maximum absolute atomic E-state index is 14.1. The first kappa shape index (κ1) is 16.1. The van der Waals surface area contributed by atoms with E-state index in [2.05, 4.69) is 0 Å². The normalized spacial score (nSPS) is 11.5. The Morgan fingerprint density at radius 1 is 0.609 bits per heavy atom. The van der Waals surface area contributed by atoms with Gasteiger partial charge in [0.1, 0.15) is 0 Å². The Hall–Kier alpha value is -1.78. The standard InChI is InChI=1S/C18H14IO3P/c20-19(21)17-13-7-8-14-18(17)23(22,15-9-3-1-4-10-15)16-11-5-2-6-12-16/h1-14H. The number of hydrogen-bond donors (Lipinski definition) is 0. The van der Waals surface area contributed by atoms with Crippen LogP contribution in [0.1, 0.15) is 0 Å². The average Bonchev–Trinajstić information content (AvgIpc) is 2.62. The lowest BCUT2D eigenvalue weighted by atomic mass is 10.4. The molecule has 0 unspecified atom stereocenters. The van der Waals surface area contributed by atoms with Gasteiger partial charge in [0.15, 0.2) is 7.14 Å². The predicted octanol–water partition coefficient (Wildman–Crippen LogP) is 3.69. The van der Waals surface area contributed by atoms with Crippen molar-refractivity contribution in [2.75, 3.05) is 0 Å². The molecule has 0 aromatic heterocycles. The maximum Gasteiger partial charge on any atom is 0.341 e. The summed E-state index contributed by atoms with van der Waals surface area (Å²) in [6.45, 7) is 0. The SMILES string of the molecule is O=I(=O)c1ccccc1P(=O)(c1ccccc1)c1ccccc1. The summed E-state index contributed by atoms with van der Waals surface area (Å²) in [4.78, 5) is 0. The van der Waals surface area contributed by atoms with E-state index in [0.717, 1.165) is 0 Å². The van der Waals surface area contributed by atoms with Crippen LogP contribution < -0.4 is 15.9 Å². The molecule has 0 saturated carbocycles. The topological polar surface area (TPSA) is 51.2 Å². The van der Waals surface area contributed by atoms with Gasteiger partial charge in [-0.05, 0) is 12.1 Å². The molecular weight excluding hydrogens is 422 g/mol. The first-order valence-corrected chi connectivity index (χ1v) is 11.5. The van der Waals surface area contributed by atoms with E-state index in [9.17, 15) is 10.7 Å². The van der Waals surface area contributed by atoms with Crippen molar-refractivity contribution in [1.29, 1.82) is 0 Å². The van der Waals surface area contributed by atoms with Gasteiger partial charge in [0.25, 0.3) is 0 Å². The molecule has 0 atom stereocenters. The van der Waals surface area contributed by atoms with Gasteiger partial charge in [-0.15, -0.1) is 0 Å². The molecule has 5 heteroatoms. The fourth-order valence-electron chi connectivity index (χ4n) is 2.54. The molecule has 0 bridgehead atoms. The van der Waals surface area contributed by atoms with Crippen LogP contribution in [0.15, 0.2) is 84.9 Å². The van der Waals surface area contributed by atoms with Crippen molar-refractivity contribution in [3.05, 3.63) is 88.5 Å². The fraction of sp³-hybridized carbons (Fsp3) is 0. The summed E-state index contributed by atoms with van der Waals surface area (Å²) in [6, 6.07) is 24.7. The second-order valence-corrected chi connectivity index (χ2v) is 10.1. The zero-order chi connectivity index (χ0) is 16.3. The van der Waals surface area contributed by atoms with Crippen LogP contribution in [0.5, 0.6) is 0 Å². The minimum Gasteiger partial charge on any atom is -0.309 e. The zero-order valence-corrected chi connectivity index (χ0v) is 15.2. The summed E-state index contributed by atoms with van der Waals surface area (Å²) in [5, 5.41) is 1.67. The van der Waals surface area contributed by atoms with Crippen molar-refractivity contribution in [2.24, 2.45) is 0 Å². The van der Waals surface area contributed by atoms with E-state index >= 15 is 0 Å². The Kier molecular flexibility index (Phi) is 4.74. The van der Waals surface area contributed by atoms with Gasteiger partial charge in [0, 0.05) is 15.9 Å². The monoisotopic (exact) mass is 436 g/mol. The average molecular weight is 436 g/mol. The second kappa shape index (κ2) is 6.77. The van der Waals surface area contributed by atoms with Gasteiger partial charge in [-0.2, -0.15) is 0 Å². The van der Waals surface area contributed by atoms with E-state index in [1.165, 1.54) is 0 Å². The molecule has 3 aromatic carbocycles. The quantitative estimate of drug-likeness (QED) is 0.463. The molecule has 3 rings (SSSR count). The minimum atomic E-state index is -3.77. The Morgan fingerprint density at radius 3 is 1.52 bits per heavy atom. The fourth-order valence-corrected chi connectivity index (χ4v) is 7.86. The summed E-state index contributed by atoms with van der Waals surface area (Å²) < 4.78 is 37.8. The first-order valence-electron chi connectivity index (χ1n) is 7.00. The molecule has 23 heavy (non-hydrogen) atoms. The highest BCUT2D eigenvalue weighted by Crippen LogP contribution is 2.44. The van der Waals surface area contributed by atoms with Gasteiger partial charge in [0.05, 0.1) is 3.57 Å². The summed E-state index contributed by atoms with van der Waals surface area (Å²) >= 11 is -3.77. The van der Waals surface area contributed by atoms with Crippen LogP contribution in [0, 0.1) is 3.57 Å². The molecule has 116 valence electrons. The highest BCUT2D eigenvalue weighted by molar-refractivity contribution is 14.2. The smallest absolute Gasteiger partial charge is 0.309 e. The molecule has 0 radical (unpaired) electrons. The van der Waals surface area contributed by atoms with Gasteiger partial charge in [-0.3, -0.25) is 0 Å². The molecule has 0 aliphatic rings. The number of hydrogen-bond acceptors (Lipinski definition) is 3. The van der Waals surface area contributed by atoms with Gasteiger partial charge in [0.2, 0.25) is 0 Å². The summed E-state index contributed by atoms with van der Waals surface area (Å²) in [7, 11) is -3.23. The summed E-state index contributed by atoms with van der Waals surface area (Å²) in [6.07, 6.45) is 0. The lowest BCUT2D eigenvalue weighted by Gasteiger charge is -2.20. The summed E-state index contributed by atoms with van der Waals surface area (Å²) in [5.74, 6) is 0. The Morgan fingerprint density at radius 2 is 1.04 bits per heavy atom. The molecule has 0 spiro atoms. The number of benzene rings is 3. The summed E-state index contributed by atoms with van der Waals surface area (Å²) in [5.41, 5.74) is 0. The largest absolute Gasteiger partial charge is 0.341 e. The molecule has 0 N–H and O–H groups in total. The molecule has 0 heterocycles. The lowest BCUT2D eigenvalue weighted by Crippen LogP contribution is -2.26. The van der Waals surface area contributed by atoms with E-state index in [4.69, 9.17) is 0 Å². The van der Waals surface area contributed by atoms with Gasteiger partial charge in [-0.25, -0.2) is 6.14 Å². The predicted molar refractivity (Wildman–Crippen MR) is 99.9 cm³/mol. The number of rotatable bonds is 4. The van der Waals surface area contributed by atoms with E-state index in [0.29, 0.717) is 15.9 Å². The van der Waals surface area contributed by atoms with Crippen LogP contribution in [0.2, 0.25) is 0 Å². The Balaban J connectivity index is 2.38. The van der Waals surface area contributed by atoms with Crippen molar-refractivity contribution in [3.8, 4) is 0 Å².